The fourth-order valence-electron chi connectivity index (χ4n) is 2.73. The fourth-order valence-corrected chi connectivity index (χ4v) is 4.01. The van der Waals surface area contributed by atoms with E-state index in [1.165, 1.54) is 11.3 Å². The summed E-state index contributed by atoms with van der Waals surface area (Å²) in [5.41, 5.74) is 3.03. The number of carbonyl (C=O) groups is 1. The number of hydrogen-bond donors (Lipinski definition) is 1. The average Bonchev–Trinajstić information content (AvgIpc) is 3.10. The number of aromatic nitrogens is 3. The lowest BCUT2D eigenvalue weighted by molar-refractivity contribution is -0.135. The summed E-state index contributed by atoms with van der Waals surface area (Å²) in [6, 6.07) is 7.77. The number of thiazole rings is 1. The number of benzene rings is 1. The third-order valence-electron chi connectivity index (χ3n) is 3.88. The van der Waals surface area contributed by atoms with Crippen LogP contribution in [-0.2, 0) is 11.3 Å². The van der Waals surface area contributed by atoms with Gasteiger partial charge in [-0.1, -0.05) is 37.6 Å². The summed E-state index contributed by atoms with van der Waals surface area (Å²) in [7, 11) is 0. The Kier molecular flexibility index (Phi) is 5.44. The Morgan fingerprint density at radius 3 is 2.77 bits per heavy atom. The second kappa shape index (κ2) is 7.60. The molecule has 0 saturated carbocycles. The second-order valence-corrected chi connectivity index (χ2v) is 7.98. The molecule has 0 radical (unpaired) electrons. The normalized spacial score (nSPS) is 12.3. The highest BCUT2D eigenvalue weighted by Crippen LogP contribution is 2.32. The molecular formula is C19H20ClN3O2S. The first-order chi connectivity index (χ1) is 12.3. The van der Waals surface area contributed by atoms with E-state index in [1.807, 2.05) is 37.3 Å². The van der Waals surface area contributed by atoms with Gasteiger partial charge >= 0.3 is 5.97 Å². The standard InChI is InChI=1S/C19H20ClN3O2S/c1-11(2)10-23-18(20)14(12(3)22-23)8-13(9-17(24)25)19-21-15-6-4-5-7-16(15)26-19/h4-8,11H,9-10H2,1-3H3,(H,24,25)/b13-8-. The van der Waals surface area contributed by atoms with Crippen LogP contribution in [0.1, 0.15) is 36.5 Å². The van der Waals surface area contributed by atoms with Gasteiger partial charge in [0.15, 0.2) is 0 Å². The van der Waals surface area contributed by atoms with Gasteiger partial charge in [-0.15, -0.1) is 11.3 Å². The molecule has 1 N–H and O–H groups in total. The molecule has 0 atom stereocenters. The van der Waals surface area contributed by atoms with Gasteiger partial charge in [0.1, 0.15) is 10.2 Å². The fraction of sp³-hybridized carbons (Fsp3) is 0.316. The van der Waals surface area contributed by atoms with Gasteiger partial charge in [-0.3, -0.25) is 9.48 Å². The molecule has 0 aliphatic heterocycles. The Morgan fingerprint density at radius 1 is 1.38 bits per heavy atom. The zero-order valence-electron chi connectivity index (χ0n) is 14.9. The highest BCUT2D eigenvalue weighted by molar-refractivity contribution is 7.19. The van der Waals surface area contributed by atoms with Crippen LogP contribution in [0.15, 0.2) is 24.3 Å². The molecule has 0 fully saturated rings. The van der Waals surface area contributed by atoms with Gasteiger partial charge < -0.3 is 5.11 Å². The molecule has 136 valence electrons. The van der Waals surface area contributed by atoms with Gasteiger partial charge in [0.2, 0.25) is 0 Å². The van der Waals surface area contributed by atoms with Crippen LogP contribution < -0.4 is 0 Å². The van der Waals surface area contributed by atoms with Gasteiger partial charge in [0.05, 0.1) is 22.3 Å². The summed E-state index contributed by atoms with van der Waals surface area (Å²) in [6.07, 6.45) is 1.69. The monoisotopic (exact) mass is 389 g/mol. The van der Waals surface area contributed by atoms with Crippen molar-refractivity contribution < 1.29 is 9.90 Å². The van der Waals surface area contributed by atoms with E-state index in [-0.39, 0.29) is 6.42 Å². The molecule has 0 aliphatic carbocycles. The predicted octanol–water partition coefficient (Wildman–Crippen LogP) is 5.13. The van der Waals surface area contributed by atoms with Crippen molar-refractivity contribution in [1.29, 1.82) is 0 Å². The first kappa shape index (κ1) is 18.6. The Morgan fingerprint density at radius 2 is 2.12 bits per heavy atom. The van der Waals surface area contributed by atoms with Crippen LogP contribution in [0.5, 0.6) is 0 Å². The maximum atomic E-state index is 11.4. The van der Waals surface area contributed by atoms with Crippen molar-refractivity contribution in [1.82, 2.24) is 14.8 Å². The molecule has 2 aromatic heterocycles. The van der Waals surface area contributed by atoms with E-state index in [0.717, 1.165) is 21.5 Å². The lowest BCUT2D eigenvalue weighted by Gasteiger charge is -2.06. The van der Waals surface area contributed by atoms with Crippen molar-refractivity contribution in [2.75, 3.05) is 0 Å². The summed E-state index contributed by atoms with van der Waals surface area (Å²) in [5, 5.41) is 15.1. The van der Waals surface area contributed by atoms with Crippen molar-refractivity contribution in [2.45, 2.75) is 33.7 Å². The third-order valence-corrected chi connectivity index (χ3v) is 5.39. The number of fused-ring (bicyclic) bond motifs is 1. The minimum atomic E-state index is -0.904. The molecule has 3 rings (SSSR count). The maximum absolute atomic E-state index is 11.4. The highest BCUT2D eigenvalue weighted by atomic mass is 35.5. The van der Waals surface area contributed by atoms with Crippen molar-refractivity contribution in [2.24, 2.45) is 5.92 Å². The third kappa shape index (κ3) is 3.97. The number of nitrogens with zero attached hydrogens (tertiary/aromatic N) is 3. The zero-order chi connectivity index (χ0) is 18.8. The van der Waals surface area contributed by atoms with Crippen LogP contribution in [0.4, 0.5) is 0 Å². The van der Waals surface area contributed by atoms with Gasteiger partial charge in [-0.05, 0) is 36.6 Å². The molecule has 0 unspecified atom stereocenters. The number of hydrogen-bond acceptors (Lipinski definition) is 4. The van der Waals surface area contributed by atoms with Crippen LogP contribution in [0.25, 0.3) is 21.9 Å². The van der Waals surface area contributed by atoms with E-state index < -0.39 is 5.97 Å². The summed E-state index contributed by atoms with van der Waals surface area (Å²) < 4.78 is 2.79. The quantitative estimate of drug-likeness (QED) is 0.634. The van der Waals surface area contributed by atoms with Crippen LogP contribution >= 0.6 is 22.9 Å². The molecule has 7 heteroatoms. The topological polar surface area (TPSA) is 68.0 Å². The van der Waals surface area contributed by atoms with Crippen molar-refractivity contribution >= 4 is 50.8 Å². The number of para-hydroxylation sites is 1. The molecule has 2 heterocycles. The average molecular weight is 390 g/mol. The zero-order valence-corrected chi connectivity index (χ0v) is 16.4. The van der Waals surface area contributed by atoms with Crippen LogP contribution in [0, 0.1) is 12.8 Å². The minimum Gasteiger partial charge on any atom is -0.481 e. The Labute approximate surface area is 160 Å². The van der Waals surface area contributed by atoms with E-state index in [2.05, 4.69) is 23.9 Å². The largest absolute Gasteiger partial charge is 0.481 e. The summed E-state index contributed by atoms with van der Waals surface area (Å²) in [5.74, 6) is -0.495. The Balaban J connectivity index is 2.08. The molecule has 1 aromatic carbocycles. The van der Waals surface area contributed by atoms with Gasteiger partial charge in [-0.25, -0.2) is 4.98 Å². The molecule has 0 bridgehead atoms. The lowest BCUT2D eigenvalue weighted by atomic mass is 10.1. The molecule has 0 spiro atoms. The van der Waals surface area contributed by atoms with Crippen LogP contribution in [-0.4, -0.2) is 25.8 Å². The Bertz CT molecular complexity index is 955. The molecule has 0 aliphatic rings. The lowest BCUT2D eigenvalue weighted by Crippen LogP contribution is -2.06. The molecular weight excluding hydrogens is 370 g/mol. The number of aryl methyl sites for hydroxylation is 1. The minimum absolute atomic E-state index is 0.120. The molecule has 0 amide bonds. The van der Waals surface area contributed by atoms with E-state index in [1.54, 1.807) is 4.68 Å². The maximum Gasteiger partial charge on any atom is 0.307 e. The summed E-state index contributed by atoms with van der Waals surface area (Å²) >= 11 is 7.99. The number of halogens is 1. The van der Waals surface area contributed by atoms with Gasteiger partial charge in [0.25, 0.3) is 0 Å². The molecule has 3 aromatic rings. The first-order valence-corrected chi connectivity index (χ1v) is 9.55. The Hall–Kier alpha value is -2.18. The number of carboxylic acids is 1. The van der Waals surface area contributed by atoms with Crippen LogP contribution in [0.2, 0.25) is 5.15 Å². The second-order valence-electron chi connectivity index (χ2n) is 6.59. The van der Waals surface area contributed by atoms with E-state index in [4.69, 9.17) is 11.6 Å². The van der Waals surface area contributed by atoms with Crippen LogP contribution in [0.3, 0.4) is 0 Å². The van der Waals surface area contributed by atoms with Crippen molar-refractivity contribution in [3.05, 3.63) is 45.7 Å². The molecule has 26 heavy (non-hydrogen) atoms. The predicted molar refractivity (Wildman–Crippen MR) is 107 cm³/mol. The first-order valence-electron chi connectivity index (χ1n) is 8.36. The van der Waals surface area contributed by atoms with Crippen molar-refractivity contribution in [3.8, 4) is 0 Å². The number of carboxylic acid groups (broad SMARTS) is 1. The van der Waals surface area contributed by atoms with Crippen molar-refractivity contribution in [3.63, 3.8) is 0 Å². The SMILES string of the molecule is Cc1nn(CC(C)C)c(Cl)c1/C=C(/CC(=O)O)c1nc2ccccc2s1. The summed E-state index contributed by atoms with van der Waals surface area (Å²) in [6.45, 7) is 6.79. The molecule has 5 nitrogen and oxygen atoms in total. The van der Waals surface area contributed by atoms with E-state index >= 15 is 0 Å². The van der Waals surface area contributed by atoms with Gasteiger partial charge in [0, 0.05) is 12.1 Å². The van der Waals surface area contributed by atoms with Gasteiger partial charge in [-0.2, -0.15) is 5.10 Å². The highest BCUT2D eigenvalue weighted by Gasteiger charge is 2.17. The smallest absolute Gasteiger partial charge is 0.307 e. The van der Waals surface area contributed by atoms with E-state index in [0.29, 0.717) is 28.2 Å². The number of rotatable bonds is 6. The summed E-state index contributed by atoms with van der Waals surface area (Å²) in [4.78, 5) is 16.0. The molecule has 0 saturated heterocycles. The van der Waals surface area contributed by atoms with E-state index in [9.17, 15) is 9.90 Å². The number of aliphatic carboxylic acids is 1.